The van der Waals surface area contributed by atoms with E-state index in [9.17, 15) is 4.79 Å². The van der Waals surface area contributed by atoms with Crippen molar-refractivity contribution in [2.24, 2.45) is 11.8 Å². The molecule has 0 aliphatic carbocycles. The average molecular weight is 286 g/mol. The average Bonchev–Trinajstić information content (AvgIpc) is 2.52. The van der Waals surface area contributed by atoms with Crippen molar-refractivity contribution in [3.63, 3.8) is 0 Å². The number of nitrogens with one attached hydrogen (secondary N) is 1. The van der Waals surface area contributed by atoms with Gasteiger partial charge in [0.1, 0.15) is 5.75 Å². The van der Waals surface area contributed by atoms with Gasteiger partial charge >= 0.3 is 0 Å². The second-order valence-corrected chi connectivity index (χ2v) is 5.98. The van der Waals surface area contributed by atoms with Gasteiger partial charge in [-0.1, -0.05) is 12.1 Å². The molecule has 2 aliphatic heterocycles. The second-order valence-electron chi connectivity index (χ2n) is 5.98. The standard InChI is InChI=1S/C17H22N2O2/c1-21-16-5-2-13(3-6-16)4-7-17(20)19-11-14-8-15(12-19)10-18-9-14/h2-7,14-15,18H,8-12H2,1H3/b7-4+/t14-,15+. The van der Waals surface area contributed by atoms with Crippen LogP contribution in [0.1, 0.15) is 12.0 Å². The van der Waals surface area contributed by atoms with Crippen LogP contribution >= 0.6 is 0 Å². The lowest BCUT2D eigenvalue weighted by Crippen LogP contribution is -2.52. The van der Waals surface area contributed by atoms with Gasteiger partial charge in [0.2, 0.25) is 5.91 Å². The molecule has 0 saturated carbocycles. The number of hydrogen-bond donors (Lipinski definition) is 1. The van der Waals surface area contributed by atoms with Crippen molar-refractivity contribution >= 4 is 12.0 Å². The Labute approximate surface area is 125 Å². The summed E-state index contributed by atoms with van der Waals surface area (Å²) in [6.45, 7) is 3.86. The largest absolute Gasteiger partial charge is 0.497 e. The van der Waals surface area contributed by atoms with E-state index in [4.69, 9.17) is 4.74 Å². The van der Waals surface area contributed by atoms with Crippen LogP contribution in [-0.2, 0) is 4.79 Å². The Morgan fingerprint density at radius 3 is 2.52 bits per heavy atom. The van der Waals surface area contributed by atoms with E-state index in [2.05, 4.69) is 5.32 Å². The molecule has 3 rings (SSSR count). The molecule has 0 aromatic heterocycles. The number of piperidine rings is 2. The van der Waals surface area contributed by atoms with E-state index in [1.807, 2.05) is 35.2 Å². The first-order chi connectivity index (χ1) is 10.2. The predicted octanol–water partition coefficient (Wildman–Crippen LogP) is 1.78. The second kappa shape index (κ2) is 6.31. The summed E-state index contributed by atoms with van der Waals surface area (Å²) < 4.78 is 5.13. The van der Waals surface area contributed by atoms with Crippen molar-refractivity contribution in [2.75, 3.05) is 33.3 Å². The van der Waals surface area contributed by atoms with E-state index < -0.39 is 0 Å². The first-order valence-electron chi connectivity index (χ1n) is 7.56. The third-order valence-electron chi connectivity index (χ3n) is 4.34. The summed E-state index contributed by atoms with van der Waals surface area (Å²) in [6.07, 6.45) is 4.83. The molecule has 2 saturated heterocycles. The van der Waals surface area contributed by atoms with Crippen LogP contribution in [0.15, 0.2) is 30.3 Å². The predicted molar refractivity (Wildman–Crippen MR) is 83.1 cm³/mol. The highest BCUT2D eigenvalue weighted by Crippen LogP contribution is 2.24. The summed E-state index contributed by atoms with van der Waals surface area (Å²) in [5.74, 6) is 2.20. The van der Waals surface area contributed by atoms with Gasteiger partial charge in [0.15, 0.2) is 0 Å². The van der Waals surface area contributed by atoms with Gasteiger partial charge in [0, 0.05) is 19.2 Å². The van der Waals surface area contributed by atoms with E-state index in [0.717, 1.165) is 37.5 Å². The molecule has 2 bridgehead atoms. The van der Waals surface area contributed by atoms with Crippen LogP contribution in [0.3, 0.4) is 0 Å². The molecule has 21 heavy (non-hydrogen) atoms. The Balaban J connectivity index is 1.61. The number of rotatable bonds is 3. The zero-order valence-electron chi connectivity index (χ0n) is 12.4. The SMILES string of the molecule is COc1ccc(/C=C/C(=O)N2C[C@@H]3CNC[C@@H](C3)C2)cc1. The van der Waals surface area contributed by atoms with Crippen LogP contribution in [0.5, 0.6) is 5.75 Å². The number of carbonyl (C=O) groups is 1. The summed E-state index contributed by atoms with van der Waals surface area (Å²) >= 11 is 0. The number of likely N-dealkylation sites (tertiary alicyclic amines) is 1. The quantitative estimate of drug-likeness (QED) is 0.861. The normalized spacial score (nSPS) is 25.1. The maximum Gasteiger partial charge on any atom is 0.246 e. The van der Waals surface area contributed by atoms with Crippen LogP contribution in [0.4, 0.5) is 0 Å². The first-order valence-corrected chi connectivity index (χ1v) is 7.56. The number of methoxy groups -OCH3 is 1. The molecule has 112 valence electrons. The van der Waals surface area contributed by atoms with Crippen LogP contribution in [-0.4, -0.2) is 44.1 Å². The maximum atomic E-state index is 12.3. The van der Waals surface area contributed by atoms with Crippen molar-refractivity contribution in [2.45, 2.75) is 6.42 Å². The maximum absolute atomic E-state index is 12.3. The van der Waals surface area contributed by atoms with Crippen molar-refractivity contribution in [1.29, 1.82) is 0 Å². The molecular formula is C17H22N2O2. The van der Waals surface area contributed by atoms with Gasteiger partial charge in [-0.3, -0.25) is 4.79 Å². The number of carbonyl (C=O) groups excluding carboxylic acids is 1. The lowest BCUT2D eigenvalue weighted by molar-refractivity contribution is -0.129. The fourth-order valence-electron chi connectivity index (χ4n) is 3.27. The number of amides is 1. The third-order valence-corrected chi connectivity index (χ3v) is 4.34. The topological polar surface area (TPSA) is 41.6 Å². The number of fused-ring (bicyclic) bond motifs is 2. The van der Waals surface area contributed by atoms with Gasteiger partial charge in [0.05, 0.1) is 7.11 Å². The Kier molecular flexibility index (Phi) is 4.25. The summed E-state index contributed by atoms with van der Waals surface area (Å²) in [7, 11) is 1.65. The summed E-state index contributed by atoms with van der Waals surface area (Å²) in [6, 6.07) is 7.72. The Morgan fingerprint density at radius 2 is 1.90 bits per heavy atom. The molecular weight excluding hydrogens is 264 g/mol. The molecule has 1 amide bonds. The highest BCUT2D eigenvalue weighted by molar-refractivity contribution is 5.91. The zero-order valence-corrected chi connectivity index (χ0v) is 12.4. The summed E-state index contributed by atoms with van der Waals surface area (Å²) in [4.78, 5) is 14.3. The Hall–Kier alpha value is -1.81. The van der Waals surface area contributed by atoms with E-state index >= 15 is 0 Å². The zero-order chi connectivity index (χ0) is 14.7. The van der Waals surface area contributed by atoms with Gasteiger partial charge in [-0.2, -0.15) is 0 Å². The number of ether oxygens (including phenoxy) is 1. The number of nitrogens with zero attached hydrogens (tertiary/aromatic N) is 1. The summed E-state index contributed by atoms with van der Waals surface area (Å²) in [5, 5.41) is 3.45. The smallest absolute Gasteiger partial charge is 0.246 e. The molecule has 2 heterocycles. The van der Waals surface area contributed by atoms with Gasteiger partial charge in [0.25, 0.3) is 0 Å². The Morgan fingerprint density at radius 1 is 1.24 bits per heavy atom. The Bertz CT molecular complexity index is 512. The third kappa shape index (κ3) is 3.45. The molecule has 4 heteroatoms. The minimum atomic E-state index is 0.127. The molecule has 4 nitrogen and oxygen atoms in total. The highest BCUT2D eigenvalue weighted by atomic mass is 16.5. The van der Waals surface area contributed by atoms with Gasteiger partial charge in [-0.25, -0.2) is 0 Å². The van der Waals surface area contributed by atoms with E-state index in [1.54, 1.807) is 13.2 Å². The monoisotopic (exact) mass is 286 g/mol. The van der Waals surface area contributed by atoms with E-state index in [1.165, 1.54) is 6.42 Å². The molecule has 1 aromatic carbocycles. The fourth-order valence-corrected chi connectivity index (χ4v) is 3.27. The van der Waals surface area contributed by atoms with Crippen molar-refractivity contribution in [1.82, 2.24) is 10.2 Å². The molecule has 0 spiro atoms. The van der Waals surface area contributed by atoms with Crippen molar-refractivity contribution in [3.05, 3.63) is 35.9 Å². The molecule has 1 N–H and O–H groups in total. The van der Waals surface area contributed by atoms with Crippen LogP contribution in [0, 0.1) is 11.8 Å². The lowest BCUT2D eigenvalue weighted by atomic mass is 9.86. The van der Waals surface area contributed by atoms with Crippen molar-refractivity contribution in [3.8, 4) is 5.75 Å². The van der Waals surface area contributed by atoms with Gasteiger partial charge in [-0.15, -0.1) is 0 Å². The summed E-state index contributed by atoms with van der Waals surface area (Å²) in [5.41, 5.74) is 1.02. The van der Waals surface area contributed by atoms with Crippen LogP contribution in [0.25, 0.3) is 6.08 Å². The first kappa shape index (κ1) is 14.1. The minimum absolute atomic E-state index is 0.127. The van der Waals surface area contributed by atoms with Crippen molar-refractivity contribution < 1.29 is 9.53 Å². The number of hydrogen-bond acceptors (Lipinski definition) is 3. The molecule has 2 atom stereocenters. The van der Waals surface area contributed by atoms with E-state index in [0.29, 0.717) is 11.8 Å². The lowest BCUT2D eigenvalue weighted by Gasteiger charge is -2.41. The fraction of sp³-hybridized carbons (Fsp3) is 0.471. The van der Waals surface area contributed by atoms with Gasteiger partial charge in [-0.05, 0) is 55.1 Å². The molecule has 2 aliphatic rings. The van der Waals surface area contributed by atoms with Crippen LogP contribution < -0.4 is 10.1 Å². The number of benzene rings is 1. The molecule has 1 aromatic rings. The van der Waals surface area contributed by atoms with Gasteiger partial charge < -0.3 is 15.0 Å². The molecule has 2 fully saturated rings. The molecule has 0 unspecified atom stereocenters. The molecule has 0 radical (unpaired) electrons. The highest BCUT2D eigenvalue weighted by Gasteiger charge is 2.31. The van der Waals surface area contributed by atoms with Crippen LogP contribution in [0.2, 0.25) is 0 Å². The van der Waals surface area contributed by atoms with E-state index in [-0.39, 0.29) is 5.91 Å². The minimum Gasteiger partial charge on any atom is -0.497 e.